The molecule has 154 valence electrons. The van der Waals surface area contributed by atoms with Crippen LogP contribution in [-0.2, 0) is 9.53 Å². The SMILES string of the molecule is CCCCCCCC(O)[C@@H]1C(O)CC(O)[C@@H]1CCCCCCC(=O)OC. The van der Waals surface area contributed by atoms with Gasteiger partial charge in [0, 0.05) is 12.3 Å². The number of hydrogen-bond donors (Lipinski definition) is 3. The maximum atomic E-state index is 11.1. The molecular weight excluding hydrogens is 332 g/mol. The molecule has 1 saturated carbocycles. The fourth-order valence-electron chi connectivity index (χ4n) is 4.30. The van der Waals surface area contributed by atoms with E-state index in [4.69, 9.17) is 0 Å². The second kappa shape index (κ2) is 13.5. The predicted octanol–water partition coefficient (Wildman–Crippen LogP) is 3.58. The van der Waals surface area contributed by atoms with E-state index in [1.807, 2.05) is 0 Å². The van der Waals surface area contributed by atoms with E-state index in [9.17, 15) is 20.1 Å². The average Bonchev–Trinajstić information content (AvgIpc) is 2.90. The van der Waals surface area contributed by atoms with Crippen LogP contribution in [0.2, 0.25) is 0 Å². The van der Waals surface area contributed by atoms with Gasteiger partial charge in [-0.2, -0.15) is 0 Å². The van der Waals surface area contributed by atoms with Crippen LogP contribution in [0.5, 0.6) is 0 Å². The Morgan fingerprint density at radius 3 is 2.35 bits per heavy atom. The van der Waals surface area contributed by atoms with E-state index in [0.29, 0.717) is 19.3 Å². The number of esters is 1. The van der Waals surface area contributed by atoms with E-state index < -0.39 is 18.3 Å². The monoisotopic (exact) mass is 372 g/mol. The first kappa shape index (κ1) is 23.4. The summed E-state index contributed by atoms with van der Waals surface area (Å²) in [7, 11) is 1.41. The van der Waals surface area contributed by atoms with Crippen LogP contribution in [-0.4, -0.2) is 46.7 Å². The van der Waals surface area contributed by atoms with Crippen molar-refractivity contribution in [3.8, 4) is 0 Å². The molecular formula is C21H40O5. The molecule has 5 atom stereocenters. The summed E-state index contributed by atoms with van der Waals surface area (Å²) in [6.45, 7) is 2.19. The summed E-state index contributed by atoms with van der Waals surface area (Å²) in [4.78, 5) is 11.1. The largest absolute Gasteiger partial charge is 0.469 e. The van der Waals surface area contributed by atoms with Crippen molar-refractivity contribution in [3.05, 3.63) is 0 Å². The summed E-state index contributed by atoms with van der Waals surface area (Å²) in [6, 6.07) is 0. The van der Waals surface area contributed by atoms with Crippen molar-refractivity contribution < 1.29 is 24.9 Å². The highest BCUT2D eigenvalue weighted by atomic mass is 16.5. The topological polar surface area (TPSA) is 87.0 Å². The summed E-state index contributed by atoms with van der Waals surface area (Å²) in [6.07, 6.45) is 10.2. The molecule has 26 heavy (non-hydrogen) atoms. The maximum Gasteiger partial charge on any atom is 0.305 e. The molecule has 0 aromatic carbocycles. The van der Waals surface area contributed by atoms with Gasteiger partial charge in [0.25, 0.3) is 0 Å². The van der Waals surface area contributed by atoms with E-state index in [-0.39, 0.29) is 17.8 Å². The highest BCUT2D eigenvalue weighted by Gasteiger charge is 2.44. The molecule has 1 fully saturated rings. The van der Waals surface area contributed by atoms with Crippen LogP contribution in [0.25, 0.3) is 0 Å². The van der Waals surface area contributed by atoms with Gasteiger partial charge in [-0.3, -0.25) is 4.79 Å². The molecule has 0 radical (unpaired) electrons. The molecule has 0 spiro atoms. The second-order valence-electron chi connectivity index (χ2n) is 7.91. The fraction of sp³-hybridized carbons (Fsp3) is 0.952. The first-order chi connectivity index (χ1) is 12.5. The number of methoxy groups -OCH3 is 1. The summed E-state index contributed by atoms with van der Waals surface area (Å²) in [5, 5.41) is 31.2. The summed E-state index contributed by atoms with van der Waals surface area (Å²) >= 11 is 0. The van der Waals surface area contributed by atoms with E-state index >= 15 is 0 Å². The van der Waals surface area contributed by atoms with Crippen molar-refractivity contribution >= 4 is 5.97 Å². The molecule has 1 rings (SSSR count). The number of carbonyl (C=O) groups is 1. The van der Waals surface area contributed by atoms with Crippen LogP contribution < -0.4 is 0 Å². The van der Waals surface area contributed by atoms with Crippen molar-refractivity contribution in [1.82, 2.24) is 0 Å². The minimum atomic E-state index is -0.597. The predicted molar refractivity (Wildman–Crippen MR) is 103 cm³/mol. The summed E-state index contributed by atoms with van der Waals surface area (Å²) < 4.78 is 4.63. The molecule has 1 aliphatic rings. The molecule has 0 aromatic heterocycles. The highest BCUT2D eigenvalue weighted by molar-refractivity contribution is 5.68. The second-order valence-corrected chi connectivity index (χ2v) is 7.91. The Balaban J connectivity index is 2.30. The van der Waals surface area contributed by atoms with Gasteiger partial charge in [0.05, 0.1) is 25.4 Å². The van der Waals surface area contributed by atoms with Gasteiger partial charge in [0.15, 0.2) is 0 Å². The van der Waals surface area contributed by atoms with Gasteiger partial charge in [-0.05, 0) is 31.6 Å². The Labute approximate surface area is 159 Å². The van der Waals surface area contributed by atoms with E-state index in [0.717, 1.165) is 44.9 Å². The molecule has 3 unspecified atom stereocenters. The molecule has 5 heteroatoms. The smallest absolute Gasteiger partial charge is 0.305 e. The third-order valence-corrected chi connectivity index (χ3v) is 5.86. The zero-order valence-corrected chi connectivity index (χ0v) is 16.7. The maximum absolute atomic E-state index is 11.1. The molecule has 0 heterocycles. The fourth-order valence-corrected chi connectivity index (χ4v) is 4.30. The first-order valence-corrected chi connectivity index (χ1v) is 10.6. The summed E-state index contributed by atoms with van der Waals surface area (Å²) in [5.74, 6) is -0.385. The highest BCUT2D eigenvalue weighted by Crippen LogP contribution is 2.39. The molecule has 1 aliphatic carbocycles. The van der Waals surface area contributed by atoms with Crippen LogP contribution in [0.3, 0.4) is 0 Å². The Kier molecular flexibility index (Phi) is 12.2. The van der Waals surface area contributed by atoms with E-state index in [1.54, 1.807) is 0 Å². The molecule has 0 aliphatic heterocycles. The van der Waals surface area contributed by atoms with Crippen LogP contribution in [0.4, 0.5) is 0 Å². The zero-order chi connectivity index (χ0) is 19.4. The van der Waals surface area contributed by atoms with Crippen molar-refractivity contribution in [1.29, 1.82) is 0 Å². The van der Waals surface area contributed by atoms with Crippen molar-refractivity contribution in [2.75, 3.05) is 7.11 Å². The summed E-state index contributed by atoms with van der Waals surface area (Å²) in [5.41, 5.74) is 0. The van der Waals surface area contributed by atoms with Gasteiger partial charge >= 0.3 is 5.97 Å². The standard InChI is InChI=1S/C21H40O5/c1-3-4-5-6-10-13-17(22)21-16(18(23)15-19(21)24)12-9-7-8-11-14-20(25)26-2/h16-19,21-24H,3-15H2,1-2H3/t16-,17?,18?,19?,21+/m0/s1. The normalized spacial score (nSPS) is 26.8. The number of ether oxygens (including phenoxy) is 1. The van der Waals surface area contributed by atoms with Gasteiger partial charge in [0.2, 0.25) is 0 Å². The lowest BCUT2D eigenvalue weighted by molar-refractivity contribution is -0.140. The van der Waals surface area contributed by atoms with Crippen LogP contribution in [0.15, 0.2) is 0 Å². The Morgan fingerprint density at radius 2 is 1.65 bits per heavy atom. The van der Waals surface area contributed by atoms with Crippen molar-refractivity contribution in [2.24, 2.45) is 11.8 Å². The van der Waals surface area contributed by atoms with Gasteiger partial charge in [-0.1, -0.05) is 58.3 Å². The number of unbranched alkanes of at least 4 members (excludes halogenated alkanes) is 7. The molecule has 5 nitrogen and oxygen atoms in total. The minimum absolute atomic E-state index is 0.0174. The molecule has 0 aromatic rings. The number of carbonyl (C=O) groups excluding carboxylic acids is 1. The number of rotatable bonds is 14. The average molecular weight is 373 g/mol. The van der Waals surface area contributed by atoms with Gasteiger partial charge in [-0.15, -0.1) is 0 Å². The van der Waals surface area contributed by atoms with Gasteiger partial charge < -0.3 is 20.1 Å². The number of aliphatic hydroxyl groups is 3. The lowest BCUT2D eigenvalue weighted by Crippen LogP contribution is -2.33. The lowest BCUT2D eigenvalue weighted by Gasteiger charge is -2.28. The quantitative estimate of drug-likeness (QED) is 0.320. The number of aliphatic hydroxyl groups excluding tert-OH is 3. The van der Waals surface area contributed by atoms with Gasteiger partial charge in [-0.25, -0.2) is 0 Å². The van der Waals surface area contributed by atoms with Crippen molar-refractivity contribution in [2.45, 2.75) is 109 Å². The first-order valence-electron chi connectivity index (χ1n) is 10.6. The van der Waals surface area contributed by atoms with Gasteiger partial charge in [0.1, 0.15) is 0 Å². The third kappa shape index (κ3) is 8.36. The third-order valence-electron chi connectivity index (χ3n) is 5.86. The Morgan fingerprint density at radius 1 is 1.00 bits per heavy atom. The molecule has 0 bridgehead atoms. The van der Waals surface area contributed by atoms with Crippen LogP contribution >= 0.6 is 0 Å². The Hall–Kier alpha value is -0.650. The van der Waals surface area contributed by atoms with E-state index in [1.165, 1.54) is 26.4 Å². The van der Waals surface area contributed by atoms with Crippen LogP contribution in [0.1, 0.15) is 90.4 Å². The lowest BCUT2D eigenvalue weighted by atomic mass is 9.83. The van der Waals surface area contributed by atoms with E-state index in [2.05, 4.69) is 11.7 Å². The molecule has 3 N–H and O–H groups in total. The number of hydrogen-bond acceptors (Lipinski definition) is 5. The zero-order valence-electron chi connectivity index (χ0n) is 16.7. The van der Waals surface area contributed by atoms with Crippen LogP contribution in [0, 0.1) is 11.8 Å². The molecule has 0 amide bonds. The minimum Gasteiger partial charge on any atom is -0.469 e. The molecule has 0 saturated heterocycles. The Bertz CT molecular complexity index is 373. The van der Waals surface area contributed by atoms with Crippen molar-refractivity contribution in [3.63, 3.8) is 0 Å².